The summed E-state index contributed by atoms with van der Waals surface area (Å²) in [5, 5.41) is 90.1. The van der Waals surface area contributed by atoms with Crippen LogP contribution in [0.15, 0.2) is 0 Å². The van der Waals surface area contributed by atoms with Crippen molar-refractivity contribution in [3.63, 3.8) is 0 Å². The molecular formula is C18H30O15. The van der Waals surface area contributed by atoms with Crippen LogP contribution in [0.1, 0.15) is 13.8 Å². The molecule has 3 rings (SSSR count). The van der Waals surface area contributed by atoms with Crippen LogP contribution < -0.4 is 0 Å². The van der Waals surface area contributed by atoms with Crippen LogP contribution in [0.2, 0.25) is 0 Å². The molecule has 0 bridgehead atoms. The third kappa shape index (κ3) is 5.15. The molecule has 0 spiro atoms. The third-order valence-corrected chi connectivity index (χ3v) is 5.98. The second-order valence-corrected chi connectivity index (χ2v) is 8.34. The van der Waals surface area contributed by atoms with Gasteiger partial charge < -0.3 is 69.6 Å². The van der Waals surface area contributed by atoms with Crippen LogP contribution in [0, 0.1) is 0 Å². The number of aliphatic hydroxyl groups excluding tert-OH is 8. The maximum Gasteiger partial charge on any atom is 0.335 e. The van der Waals surface area contributed by atoms with E-state index in [1.807, 2.05) is 0 Å². The Morgan fingerprint density at radius 1 is 0.606 bits per heavy atom. The monoisotopic (exact) mass is 486 g/mol. The fraction of sp³-hybridized carbons (Fsp3) is 0.944. The van der Waals surface area contributed by atoms with E-state index in [2.05, 4.69) is 0 Å². The Kier molecular flexibility index (Phi) is 8.28. The van der Waals surface area contributed by atoms with Crippen molar-refractivity contribution in [3.05, 3.63) is 0 Å². The zero-order valence-electron chi connectivity index (χ0n) is 17.6. The molecule has 15 atom stereocenters. The van der Waals surface area contributed by atoms with Crippen molar-refractivity contribution in [3.8, 4) is 0 Å². The van der Waals surface area contributed by atoms with Gasteiger partial charge in [0.15, 0.2) is 25.0 Å². The van der Waals surface area contributed by atoms with Gasteiger partial charge in [0.2, 0.25) is 0 Å². The molecule has 0 unspecified atom stereocenters. The first-order chi connectivity index (χ1) is 15.3. The van der Waals surface area contributed by atoms with Gasteiger partial charge in [0, 0.05) is 0 Å². The summed E-state index contributed by atoms with van der Waals surface area (Å²) >= 11 is 0. The molecule has 0 radical (unpaired) electrons. The molecule has 0 aromatic carbocycles. The number of aliphatic hydroxyl groups is 8. The molecule has 33 heavy (non-hydrogen) atoms. The molecule has 192 valence electrons. The highest BCUT2D eigenvalue weighted by molar-refractivity contribution is 5.73. The number of aliphatic carboxylic acids is 1. The number of hydrogen-bond acceptors (Lipinski definition) is 14. The van der Waals surface area contributed by atoms with Gasteiger partial charge >= 0.3 is 5.97 Å². The fourth-order valence-corrected chi connectivity index (χ4v) is 3.90. The Bertz CT molecular complexity index is 679. The average molecular weight is 486 g/mol. The average Bonchev–Trinajstić information content (AvgIpc) is 2.75. The molecule has 3 aliphatic heterocycles. The molecule has 3 saturated heterocycles. The van der Waals surface area contributed by atoms with Crippen molar-refractivity contribution in [2.75, 3.05) is 0 Å². The van der Waals surface area contributed by atoms with Crippen LogP contribution in [0.3, 0.4) is 0 Å². The number of carboxylic acid groups (broad SMARTS) is 1. The first kappa shape index (κ1) is 26.6. The van der Waals surface area contributed by atoms with Crippen molar-refractivity contribution < 1.29 is 74.4 Å². The molecule has 3 aliphatic rings. The zero-order valence-corrected chi connectivity index (χ0v) is 17.6. The number of hydrogen-bond donors (Lipinski definition) is 9. The van der Waals surface area contributed by atoms with Gasteiger partial charge in [-0.05, 0) is 13.8 Å². The highest BCUT2D eigenvalue weighted by atomic mass is 16.8. The summed E-state index contributed by atoms with van der Waals surface area (Å²) in [5.74, 6) is -1.66. The van der Waals surface area contributed by atoms with E-state index in [0.717, 1.165) is 0 Å². The Balaban J connectivity index is 1.81. The van der Waals surface area contributed by atoms with Gasteiger partial charge in [-0.1, -0.05) is 0 Å². The van der Waals surface area contributed by atoms with Crippen LogP contribution in [0.5, 0.6) is 0 Å². The maximum absolute atomic E-state index is 11.3. The molecule has 3 heterocycles. The molecule has 3 fully saturated rings. The third-order valence-electron chi connectivity index (χ3n) is 5.98. The predicted molar refractivity (Wildman–Crippen MR) is 99.0 cm³/mol. The number of carboxylic acids is 1. The summed E-state index contributed by atoms with van der Waals surface area (Å²) in [4.78, 5) is 11.3. The normalized spacial score (nSPS) is 53.6. The first-order valence-corrected chi connectivity index (χ1v) is 10.3. The van der Waals surface area contributed by atoms with Crippen molar-refractivity contribution in [2.45, 2.75) is 106 Å². The summed E-state index contributed by atoms with van der Waals surface area (Å²) in [6.45, 7) is 2.78. The minimum Gasteiger partial charge on any atom is -0.479 e. The number of rotatable bonds is 5. The van der Waals surface area contributed by atoms with Crippen molar-refractivity contribution >= 4 is 5.97 Å². The standard InChI is InChI=1S/C18H30O15/c1-3-5(19)7(21)10(24)17(30-3)31-12-6(20)4(2)29-16(28)14(12)33-18-11(25)8(22)9(23)13(32-18)15(26)27/h3-14,16-25,28H,1-2H3,(H,26,27)/t3-,4-,5+,6+,7+,8-,9-,10-,11+,12+,13-,14-,16+,17-,18+/m0/s1. The highest BCUT2D eigenvalue weighted by Gasteiger charge is 2.53. The van der Waals surface area contributed by atoms with E-state index in [-0.39, 0.29) is 0 Å². The summed E-state index contributed by atoms with van der Waals surface area (Å²) in [6, 6.07) is 0. The minimum absolute atomic E-state index is 0.983. The zero-order chi connectivity index (χ0) is 24.8. The Labute approximate surface area is 187 Å². The van der Waals surface area contributed by atoms with Crippen LogP contribution in [-0.4, -0.2) is 144 Å². The second kappa shape index (κ2) is 10.3. The molecule has 0 amide bonds. The van der Waals surface area contributed by atoms with Gasteiger partial charge in [-0.2, -0.15) is 0 Å². The SMILES string of the molecule is C[C@@H]1O[C@@H](O[C@@H]2[C@H](O)[C@H](C)O[C@@H](O)[C@H]2O[C@H]2O[C@H](C(=O)O)[C@@H](O)[C@H](O)[C@H]2O)[C@@H](O)[C@H](O)[C@@H]1O. The first-order valence-electron chi connectivity index (χ1n) is 10.3. The van der Waals surface area contributed by atoms with E-state index in [0.29, 0.717) is 0 Å². The van der Waals surface area contributed by atoms with Gasteiger partial charge in [0.25, 0.3) is 0 Å². The molecule has 0 aromatic rings. The van der Waals surface area contributed by atoms with E-state index in [1.165, 1.54) is 13.8 Å². The van der Waals surface area contributed by atoms with Crippen molar-refractivity contribution in [2.24, 2.45) is 0 Å². The van der Waals surface area contributed by atoms with Gasteiger partial charge in [0.05, 0.1) is 12.2 Å². The smallest absolute Gasteiger partial charge is 0.335 e. The van der Waals surface area contributed by atoms with Gasteiger partial charge in [-0.15, -0.1) is 0 Å². The van der Waals surface area contributed by atoms with Gasteiger partial charge in [-0.3, -0.25) is 0 Å². The predicted octanol–water partition coefficient (Wildman–Crippen LogP) is -5.43. The largest absolute Gasteiger partial charge is 0.479 e. The molecule has 0 aromatic heterocycles. The lowest BCUT2D eigenvalue weighted by Gasteiger charge is -2.47. The summed E-state index contributed by atoms with van der Waals surface area (Å²) in [5.41, 5.74) is 0. The van der Waals surface area contributed by atoms with Crippen LogP contribution >= 0.6 is 0 Å². The van der Waals surface area contributed by atoms with E-state index < -0.39 is 98.1 Å². The summed E-state index contributed by atoms with van der Waals surface area (Å²) in [7, 11) is 0. The summed E-state index contributed by atoms with van der Waals surface area (Å²) < 4.78 is 26.5. The molecule has 9 N–H and O–H groups in total. The van der Waals surface area contributed by atoms with E-state index in [9.17, 15) is 50.8 Å². The molecule has 0 aliphatic carbocycles. The highest BCUT2D eigenvalue weighted by Crippen LogP contribution is 2.32. The van der Waals surface area contributed by atoms with Gasteiger partial charge in [-0.25, -0.2) is 4.79 Å². The van der Waals surface area contributed by atoms with E-state index >= 15 is 0 Å². The van der Waals surface area contributed by atoms with Crippen molar-refractivity contribution in [1.29, 1.82) is 0 Å². The van der Waals surface area contributed by atoms with E-state index in [1.54, 1.807) is 0 Å². The molecule has 15 nitrogen and oxygen atoms in total. The Morgan fingerprint density at radius 3 is 1.67 bits per heavy atom. The molecule has 0 saturated carbocycles. The lowest BCUT2D eigenvalue weighted by Crippen LogP contribution is -2.66. The molecule has 15 heteroatoms. The second-order valence-electron chi connectivity index (χ2n) is 8.34. The van der Waals surface area contributed by atoms with E-state index in [4.69, 9.17) is 23.7 Å². The van der Waals surface area contributed by atoms with Crippen LogP contribution in [-0.2, 0) is 28.5 Å². The Hall–Kier alpha value is -1.05. The topological polar surface area (TPSA) is 245 Å². The number of ether oxygens (including phenoxy) is 5. The lowest BCUT2D eigenvalue weighted by atomic mass is 9.96. The van der Waals surface area contributed by atoms with Crippen LogP contribution in [0.25, 0.3) is 0 Å². The summed E-state index contributed by atoms with van der Waals surface area (Å²) in [6.07, 6.45) is -24.9. The van der Waals surface area contributed by atoms with Crippen molar-refractivity contribution in [1.82, 2.24) is 0 Å². The molecular weight excluding hydrogens is 456 g/mol. The van der Waals surface area contributed by atoms with Gasteiger partial charge in [0.1, 0.15) is 54.9 Å². The Morgan fingerprint density at radius 2 is 1.09 bits per heavy atom. The maximum atomic E-state index is 11.3. The lowest BCUT2D eigenvalue weighted by molar-refractivity contribution is -0.382. The minimum atomic E-state index is -1.99. The quantitative estimate of drug-likeness (QED) is 0.176. The van der Waals surface area contributed by atoms with Crippen LogP contribution in [0.4, 0.5) is 0 Å². The fourth-order valence-electron chi connectivity index (χ4n) is 3.90. The number of carbonyl (C=O) groups is 1.